The van der Waals surface area contributed by atoms with Crippen molar-refractivity contribution in [2.24, 2.45) is 7.05 Å². The molecule has 1 unspecified atom stereocenters. The lowest BCUT2D eigenvalue weighted by Crippen LogP contribution is -2.29. The van der Waals surface area contributed by atoms with E-state index in [1.807, 2.05) is 35.6 Å². The van der Waals surface area contributed by atoms with E-state index >= 15 is 0 Å². The molecule has 2 N–H and O–H groups in total. The van der Waals surface area contributed by atoms with E-state index in [0.29, 0.717) is 5.25 Å². The first-order valence-corrected chi connectivity index (χ1v) is 9.56. The number of hydrogen-bond acceptors (Lipinski definition) is 4. The lowest BCUT2D eigenvalue weighted by atomic mass is 9.99. The highest BCUT2D eigenvalue weighted by molar-refractivity contribution is 8.00. The number of benzene rings is 1. The summed E-state index contributed by atoms with van der Waals surface area (Å²) in [5.74, 6) is 1.08. The third-order valence-corrected chi connectivity index (χ3v) is 6.68. The van der Waals surface area contributed by atoms with Crippen molar-refractivity contribution in [3.05, 3.63) is 45.6 Å². The van der Waals surface area contributed by atoms with Gasteiger partial charge in [-0.2, -0.15) is 5.10 Å². The van der Waals surface area contributed by atoms with Crippen molar-refractivity contribution in [2.75, 3.05) is 11.9 Å². The quantitative estimate of drug-likeness (QED) is 0.860. The van der Waals surface area contributed by atoms with Crippen molar-refractivity contribution < 1.29 is 5.11 Å². The molecule has 24 heavy (non-hydrogen) atoms. The summed E-state index contributed by atoms with van der Waals surface area (Å²) in [6.45, 7) is 6.55. The highest BCUT2D eigenvalue weighted by Crippen LogP contribution is 2.48. The maximum Gasteiger partial charge on any atom is 0.129 e. The average Bonchev–Trinajstić information content (AvgIpc) is 2.69. The van der Waals surface area contributed by atoms with Crippen LogP contribution in [0.3, 0.4) is 0 Å². The molecule has 130 valence electrons. The fourth-order valence-corrected chi connectivity index (χ4v) is 5.39. The Morgan fingerprint density at radius 3 is 2.79 bits per heavy atom. The molecular formula is C18H24ClN3OS. The minimum Gasteiger partial charge on any atom is -0.396 e. The first-order chi connectivity index (χ1) is 11.4. The van der Waals surface area contributed by atoms with Gasteiger partial charge in [0.25, 0.3) is 0 Å². The van der Waals surface area contributed by atoms with Crippen LogP contribution in [-0.2, 0) is 7.05 Å². The number of thioether (sulfide) groups is 1. The normalized spacial score (nSPS) is 23.5. The Morgan fingerprint density at radius 1 is 1.38 bits per heavy atom. The van der Waals surface area contributed by atoms with Gasteiger partial charge in [0.1, 0.15) is 5.82 Å². The fraction of sp³-hybridized carbons (Fsp3) is 0.500. The number of nitrogens with one attached hydrogen (secondary N) is 1. The summed E-state index contributed by atoms with van der Waals surface area (Å²) in [6, 6.07) is 6.36. The van der Waals surface area contributed by atoms with Gasteiger partial charge in [-0.05, 0) is 50.5 Å². The van der Waals surface area contributed by atoms with Gasteiger partial charge in [0.05, 0.1) is 10.9 Å². The number of nitrogens with zero attached hydrogens (tertiary/aromatic N) is 2. The second-order valence-electron chi connectivity index (χ2n) is 6.47. The van der Waals surface area contributed by atoms with Crippen molar-refractivity contribution in [2.45, 2.75) is 43.7 Å². The van der Waals surface area contributed by atoms with Crippen molar-refractivity contribution in [1.82, 2.24) is 9.78 Å². The number of aliphatic hydroxyl groups is 1. The molecule has 2 aromatic rings. The molecule has 1 aliphatic rings. The fourth-order valence-electron chi connectivity index (χ4n) is 3.44. The molecule has 1 aromatic carbocycles. The number of aryl methyl sites for hydroxylation is 3. The van der Waals surface area contributed by atoms with Gasteiger partial charge in [0.15, 0.2) is 0 Å². The Morgan fingerprint density at radius 2 is 2.12 bits per heavy atom. The minimum absolute atomic E-state index is 0.181. The summed E-state index contributed by atoms with van der Waals surface area (Å²) in [5, 5.41) is 19.0. The van der Waals surface area contributed by atoms with Gasteiger partial charge in [-0.15, -0.1) is 11.8 Å². The Bertz CT molecular complexity index is 746. The molecular weight excluding hydrogens is 342 g/mol. The van der Waals surface area contributed by atoms with Gasteiger partial charge in [-0.1, -0.05) is 17.7 Å². The average molecular weight is 366 g/mol. The lowest BCUT2D eigenvalue weighted by Gasteiger charge is -2.25. The number of rotatable bonds is 3. The maximum absolute atomic E-state index is 9.48. The molecule has 0 spiro atoms. The Kier molecular flexibility index (Phi) is 5.13. The molecule has 0 bridgehead atoms. The van der Waals surface area contributed by atoms with Crippen LogP contribution in [0.2, 0.25) is 5.02 Å². The van der Waals surface area contributed by atoms with Gasteiger partial charge < -0.3 is 10.4 Å². The van der Waals surface area contributed by atoms with Crippen LogP contribution in [0.15, 0.2) is 18.2 Å². The smallest absolute Gasteiger partial charge is 0.129 e. The van der Waals surface area contributed by atoms with Crippen LogP contribution in [0.5, 0.6) is 0 Å². The summed E-state index contributed by atoms with van der Waals surface area (Å²) in [5.41, 5.74) is 4.73. The molecule has 0 radical (unpaired) electrons. The Labute approximate surface area is 152 Å². The molecule has 0 amide bonds. The summed E-state index contributed by atoms with van der Waals surface area (Å²) in [7, 11) is 1.98. The molecule has 6 heteroatoms. The van der Waals surface area contributed by atoms with Gasteiger partial charge in [-0.25, -0.2) is 0 Å². The SMILES string of the molecule is Cc1cc(Cl)ccc1C1S[C@H](CCO)[C@H](C)Nc2c1c(C)nn2C. The van der Waals surface area contributed by atoms with E-state index in [-0.39, 0.29) is 17.9 Å². The first kappa shape index (κ1) is 17.6. The first-order valence-electron chi connectivity index (χ1n) is 8.24. The van der Waals surface area contributed by atoms with Crippen LogP contribution in [0.25, 0.3) is 0 Å². The molecule has 3 atom stereocenters. The topological polar surface area (TPSA) is 50.1 Å². The van der Waals surface area contributed by atoms with Gasteiger partial charge in [0, 0.05) is 35.5 Å². The molecule has 4 nitrogen and oxygen atoms in total. The monoisotopic (exact) mass is 365 g/mol. The van der Waals surface area contributed by atoms with Crippen LogP contribution in [0.1, 0.15) is 41.0 Å². The van der Waals surface area contributed by atoms with Gasteiger partial charge in [-0.3, -0.25) is 4.68 Å². The maximum atomic E-state index is 9.48. The second-order valence-corrected chi connectivity index (χ2v) is 8.26. The summed E-state index contributed by atoms with van der Waals surface area (Å²) >= 11 is 8.07. The van der Waals surface area contributed by atoms with E-state index in [2.05, 4.69) is 37.3 Å². The van der Waals surface area contributed by atoms with E-state index in [1.54, 1.807) is 0 Å². The van der Waals surface area contributed by atoms with Crippen LogP contribution >= 0.6 is 23.4 Å². The lowest BCUT2D eigenvalue weighted by molar-refractivity contribution is 0.284. The zero-order valence-corrected chi connectivity index (χ0v) is 16.1. The van der Waals surface area contributed by atoms with Crippen LogP contribution in [-0.4, -0.2) is 32.8 Å². The number of halogens is 1. The highest BCUT2D eigenvalue weighted by Gasteiger charge is 2.34. The largest absolute Gasteiger partial charge is 0.396 e. The van der Waals surface area contributed by atoms with E-state index in [1.165, 1.54) is 16.7 Å². The van der Waals surface area contributed by atoms with Crippen LogP contribution in [0.4, 0.5) is 5.82 Å². The van der Waals surface area contributed by atoms with E-state index in [0.717, 1.165) is 23.0 Å². The van der Waals surface area contributed by atoms with E-state index in [9.17, 15) is 5.11 Å². The van der Waals surface area contributed by atoms with Crippen molar-refractivity contribution in [1.29, 1.82) is 0 Å². The molecule has 1 aromatic heterocycles. The van der Waals surface area contributed by atoms with Crippen molar-refractivity contribution >= 4 is 29.2 Å². The predicted molar refractivity (Wildman–Crippen MR) is 102 cm³/mol. The summed E-state index contributed by atoms with van der Waals surface area (Å²) in [4.78, 5) is 0. The Balaban J connectivity index is 2.14. The molecule has 3 rings (SSSR count). The second kappa shape index (κ2) is 6.98. The third kappa shape index (κ3) is 3.17. The summed E-state index contributed by atoms with van der Waals surface area (Å²) in [6.07, 6.45) is 0.766. The summed E-state index contributed by atoms with van der Waals surface area (Å²) < 4.78 is 1.93. The van der Waals surface area contributed by atoms with E-state index < -0.39 is 0 Å². The van der Waals surface area contributed by atoms with Crippen LogP contribution < -0.4 is 5.32 Å². The highest BCUT2D eigenvalue weighted by atomic mass is 35.5. The molecule has 2 heterocycles. The minimum atomic E-state index is 0.181. The number of aliphatic hydroxyl groups excluding tert-OH is 1. The number of aromatic nitrogens is 2. The Hall–Kier alpha value is -1.17. The van der Waals surface area contributed by atoms with Crippen LogP contribution in [0, 0.1) is 13.8 Å². The number of anilines is 1. The number of hydrogen-bond donors (Lipinski definition) is 2. The zero-order chi connectivity index (χ0) is 17.4. The standard InChI is InChI=1S/C18H24ClN3OS/c1-10-9-13(19)5-6-14(10)17-16-12(3)21-22(4)18(16)20-11(2)15(24-17)7-8-23/h5-6,9,11,15,17,20,23H,7-8H2,1-4H3/t11-,15+,17?/m0/s1. The molecule has 0 fully saturated rings. The van der Waals surface area contributed by atoms with Crippen molar-refractivity contribution in [3.63, 3.8) is 0 Å². The van der Waals surface area contributed by atoms with Crippen molar-refractivity contribution in [3.8, 4) is 0 Å². The molecule has 0 saturated heterocycles. The molecule has 1 aliphatic heterocycles. The van der Waals surface area contributed by atoms with Gasteiger partial charge >= 0.3 is 0 Å². The molecule has 0 saturated carbocycles. The predicted octanol–water partition coefficient (Wildman–Crippen LogP) is 4.08. The van der Waals surface area contributed by atoms with Gasteiger partial charge in [0.2, 0.25) is 0 Å². The third-order valence-electron chi connectivity index (χ3n) is 4.69. The zero-order valence-electron chi connectivity index (χ0n) is 14.5. The number of fused-ring (bicyclic) bond motifs is 1. The van der Waals surface area contributed by atoms with E-state index in [4.69, 9.17) is 11.6 Å². The molecule has 0 aliphatic carbocycles.